The molecule has 0 unspecified atom stereocenters. The molecule has 0 rings (SSSR count). The van der Waals surface area contributed by atoms with Gasteiger partial charge in [0.05, 0.1) is 5.03 Å². The Morgan fingerprint density at radius 3 is 1.24 bits per heavy atom. The average molecular weight is 502 g/mol. The molecule has 5 heteroatoms. The molecule has 0 aromatic rings. The number of unbranched alkanes of at least 4 members (excludes halogenated alkanes) is 14. The number of hydrogen-bond donors (Lipinski definition) is 0. The van der Waals surface area contributed by atoms with E-state index in [0.717, 1.165) is 11.5 Å². The minimum Gasteiger partial charge on any atom is -0.119 e. The van der Waals surface area contributed by atoms with E-state index >= 15 is 0 Å². The van der Waals surface area contributed by atoms with E-state index in [9.17, 15) is 0 Å². The molecular weight excluding hydrogens is 459 g/mol. The van der Waals surface area contributed by atoms with Crippen LogP contribution >= 0.6 is 58.3 Å². The van der Waals surface area contributed by atoms with Gasteiger partial charge in [0.2, 0.25) is 0 Å². The third-order valence-corrected chi connectivity index (χ3v) is 8.31. The van der Waals surface area contributed by atoms with E-state index in [0.29, 0.717) is 5.03 Å². The first-order valence-electron chi connectivity index (χ1n) is 11.8. The fourth-order valence-corrected chi connectivity index (χ4v) is 5.78. The van der Waals surface area contributed by atoms with E-state index in [1.165, 1.54) is 107 Å². The Labute approximate surface area is 205 Å². The van der Waals surface area contributed by atoms with Crippen LogP contribution in [0.2, 0.25) is 0 Å². The highest BCUT2D eigenvalue weighted by atomic mass is 35.5. The third-order valence-electron chi connectivity index (χ3n) is 4.91. The number of rotatable bonds is 21. The van der Waals surface area contributed by atoms with Crippen molar-refractivity contribution < 1.29 is 0 Å². The molecule has 172 valence electrons. The SMILES string of the molecule is CCCCCCCCCCSC(=CC(Cl)=C(Cl)Cl)SCCCCCCCCCC. The molecule has 29 heavy (non-hydrogen) atoms. The summed E-state index contributed by atoms with van der Waals surface area (Å²) in [7, 11) is 0. The summed E-state index contributed by atoms with van der Waals surface area (Å²) in [6.45, 7) is 4.54. The quantitative estimate of drug-likeness (QED) is 0.113. The van der Waals surface area contributed by atoms with Crippen molar-refractivity contribution in [3.63, 3.8) is 0 Å². The Morgan fingerprint density at radius 1 is 0.552 bits per heavy atom. The summed E-state index contributed by atoms with van der Waals surface area (Å²) in [5.74, 6) is 2.30. The Balaban J connectivity index is 3.96. The van der Waals surface area contributed by atoms with Crippen molar-refractivity contribution in [1.82, 2.24) is 0 Å². The van der Waals surface area contributed by atoms with Crippen molar-refractivity contribution in [2.24, 2.45) is 0 Å². The molecule has 0 nitrogen and oxygen atoms in total. The van der Waals surface area contributed by atoms with Gasteiger partial charge in [-0.25, -0.2) is 0 Å². The fourth-order valence-electron chi connectivity index (χ4n) is 3.10. The molecule has 0 heterocycles. The van der Waals surface area contributed by atoms with Gasteiger partial charge in [0.25, 0.3) is 0 Å². The summed E-state index contributed by atoms with van der Waals surface area (Å²) >= 11 is 21.6. The monoisotopic (exact) mass is 500 g/mol. The van der Waals surface area contributed by atoms with E-state index in [1.54, 1.807) is 0 Å². The van der Waals surface area contributed by atoms with Crippen molar-refractivity contribution in [2.75, 3.05) is 11.5 Å². The van der Waals surface area contributed by atoms with Gasteiger partial charge >= 0.3 is 0 Å². The van der Waals surface area contributed by atoms with Crippen molar-refractivity contribution in [3.05, 3.63) is 19.8 Å². The van der Waals surface area contributed by atoms with Gasteiger partial charge in [-0.15, -0.1) is 23.5 Å². The van der Waals surface area contributed by atoms with Gasteiger partial charge in [0.1, 0.15) is 4.49 Å². The minimum atomic E-state index is 0.157. The molecule has 0 aromatic carbocycles. The lowest BCUT2D eigenvalue weighted by Gasteiger charge is -2.08. The molecule has 0 aromatic heterocycles. The predicted octanol–water partition coefficient (Wildman–Crippen LogP) is 11.5. The van der Waals surface area contributed by atoms with Crippen molar-refractivity contribution >= 4 is 58.3 Å². The zero-order valence-electron chi connectivity index (χ0n) is 18.8. The van der Waals surface area contributed by atoms with E-state index in [2.05, 4.69) is 13.8 Å². The summed E-state index contributed by atoms with van der Waals surface area (Å²) in [6.07, 6.45) is 23.7. The zero-order chi connectivity index (χ0) is 21.6. The van der Waals surface area contributed by atoms with Gasteiger partial charge < -0.3 is 0 Å². The van der Waals surface area contributed by atoms with Gasteiger partial charge in [-0.2, -0.15) is 0 Å². The summed E-state index contributed by atoms with van der Waals surface area (Å²) in [5.41, 5.74) is 0. The van der Waals surface area contributed by atoms with Gasteiger partial charge in [0, 0.05) is 4.24 Å². The predicted molar refractivity (Wildman–Crippen MR) is 143 cm³/mol. The van der Waals surface area contributed by atoms with Crippen LogP contribution in [-0.4, -0.2) is 11.5 Å². The number of hydrogen-bond acceptors (Lipinski definition) is 2. The molecule has 0 aliphatic heterocycles. The number of thioether (sulfide) groups is 2. The Bertz CT molecular complexity index is 394. The van der Waals surface area contributed by atoms with E-state index < -0.39 is 0 Å². The highest BCUT2D eigenvalue weighted by molar-refractivity contribution is 8.22. The standard InChI is InChI=1S/C24H43Cl3S2/c1-3-5-7-9-11-13-15-17-19-28-23(21-22(25)24(26)27)29-20-18-16-14-12-10-8-6-4-2/h21H,3-20H2,1-2H3. The number of allylic oxidation sites excluding steroid dienone is 2. The highest BCUT2D eigenvalue weighted by Crippen LogP contribution is 2.34. The van der Waals surface area contributed by atoms with Crippen LogP contribution in [0.5, 0.6) is 0 Å². The van der Waals surface area contributed by atoms with Crippen LogP contribution in [0.25, 0.3) is 0 Å². The van der Waals surface area contributed by atoms with Crippen LogP contribution in [0.15, 0.2) is 19.8 Å². The van der Waals surface area contributed by atoms with E-state index in [1.807, 2.05) is 29.6 Å². The molecular formula is C24H43Cl3S2. The summed E-state index contributed by atoms with van der Waals surface area (Å²) in [5, 5.41) is 0.454. The van der Waals surface area contributed by atoms with Gasteiger partial charge in [-0.05, 0) is 30.4 Å². The lowest BCUT2D eigenvalue weighted by Crippen LogP contribution is -1.86. The second-order valence-corrected chi connectivity index (χ2v) is 11.6. The van der Waals surface area contributed by atoms with Crippen LogP contribution in [0.4, 0.5) is 0 Å². The average Bonchev–Trinajstić information content (AvgIpc) is 2.70. The Kier molecular flexibility index (Phi) is 24.6. The van der Waals surface area contributed by atoms with E-state index in [-0.39, 0.29) is 4.49 Å². The smallest absolute Gasteiger partial charge is 0.119 e. The maximum atomic E-state index is 6.17. The summed E-state index contributed by atoms with van der Waals surface area (Å²) in [4.78, 5) is 0. The molecule has 0 radical (unpaired) electrons. The molecule has 0 atom stereocenters. The largest absolute Gasteiger partial charge is 0.125 e. The fraction of sp³-hybridized carbons (Fsp3) is 0.833. The van der Waals surface area contributed by atoms with Crippen molar-refractivity contribution in [3.8, 4) is 0 Å². The van der Waals surface area contributed by atoms with Gasteiger partial charge in [0.15, 0.2) is 0 Å². The second-order valence-electron chi connectivity index (χ2n) is 7.72. The minimum absolute atomic E-state index is 0.157. The van der Waals surface area contributed by atoms with Gasteiger partial charge in [-0.3, -0.25) is 0 Å². The lowest BCUT2D eigenvalue weighted by atomic mass is 10.1. The molecule has 0 bridgehead atoms. The molecule has 0 N–H and O–H groups in total. The summed E-state index contributed by atoms with van der Waals surface area (Å²) in [6, 6.07) is 0. The first-order chi connectivity index (χ1) is 14.1. The maximum Gasteiger partial charge on any atom is 0.125 e. The van der Waals surface area contributed by atoms with Crippen LogP contribution in [0, 0.1) is 0 Å². The number of halogens is 3. The van der Waals surface area contributed by atoms with Crippen LogP contribution in [-0.2, 0) is 0 Å². The maximum absolute atomic E-state index is 6.17. The van der Waals surface area contributed by atoms with Gasteiger partial charge in [-0.1, -0.05) is 139 Å². The second kappa shape index (κ2) is 23.7. The topological polar surface area (TPSA) is 0 Å². The van der Waals surface area contributed by atoms with Crippen LogP contribution < -0.4 is 0 Å². The first kappa shape index (κ1) is 30.0. The summed E-state index contributed by atoms with van der Waals surface area (Å²) < 4.78 is 1.41. The molecule has 0 spiro atoms. The lowest BCUT2D eigenvalue weighted by molar-refractivity contribution is 0.586. The third kappa shape index (κ3) is 22.0. The molecule has 0 aliphatic carbocycles. The van der Waals surface area contributed by atoms with E-state index in [4.69, 9.17) is 34.8 Å². The molecule has 0 aliphatic rings. The zero-order valence-corrected chi connectivity index (χ0v) is 22.7. The highest BCUT2D eigenvalue weighted by Gasteiger charge is 2.04. The van der Waals surface area contributed by atoms with Crippen LogP contribution in [0.1, 0.15) is 117 Å². The first-order valence-corrected chi connectivity index (χ1v) is 14.9. The molecule has 0 amide bonds. The van der Waals surface area contributed by atoms with Crippen molar-refractivity contribution in [2.45, 2.75) is 117 Å². The Morgan fingerprint density at radius 2 is 0.897 bits per heavy atom. The normalized spacial score (nSPS) is 10.9. The molecule has 0 fully saturated rings. The molecule has 0 saturated carbocycles. The Hall–Kier alpha value is 1.05. The van der Waals surface area contributed by atoms with Crippen molar-refractivity contribution in [1.29, 1.82) is 0 Å². The molecule has 0 saturated heterocycles. The van der Waals surface area contributed by atoms with Crippen LogP contribution in [0.3, 0.4) is 0 Å².